The van der Waals surface area contributed by atoms with Crippen LogP contribution in [-0.4, -0.2) is 42.6 Å². The van der Waals surface area contributed by atoms with E-state index in [1.807, 2.05) is 11.3 Å². The number of para-hydroxylation sites is 1. The Hall–Kier alpha value is -2.69. The molecular formula is C29H31N3S. The average molecular weight is 454 g/mol. The first-order chi connectivity index (χ1) is 16.3. The zero-order valence-corrected chi connectivity index (χ0v) is 19.8. The van der Waals surface area contributed by atoms with Crippen molar-refractivity contribution in [2.75, 3.05) is 37.6 Å². The zero-order chi connectivity index (χ0) is 22.0. The molecule has 4 aromatic rings. The second-order valence-corrected chi connectivity index (χ2v) is 10.6. The third kappa shape index (κ3) is 4.42. The molecule has 2 atom stereocenters. The molecule has 0 N–H and O–H groups in total. The molecule has 0 saturated carbocycles. The van der Waals surface area contributed by atoms with Crippen LogP contribution in [0.25, 0.3) is 10.2 Å². The van der Waals surface area contributed by atoms with Crippen molar-refractivity contribution in [2.24, 2.45) is 5.92 Å². The molecule has 1 unspecified atom stereocenters. The van der Waals surface area contributed by atoms with Crippen molar-refractivity contribution >= 4 is 26.7 Å². The monoisotopic (exact) mass is 453 g/mol. The maximum atomic E-state index is 4.98. The minimum atomic E-state index is 0.560. The number of aromatic nitrogens is 1. The van der Waals surface area contributed by atoms with Gasteiger partial charge in [-0.05, 0) is 61.0 Å². The van der Waals surface area contributed by atoms with Crippen LogP contribution in [0.2, 0.25) is 0 Å². The molecule has 2 fully saturated rings. The van der Waals surface area contributed by atoms with Crippen LogP contribution in [0, 0.1) is 5.92 Å². The Morgan fingerprint density at radius 2 is 1.42 bits per heavy atom. The molecule has 0 spiro atoms. The van der Waals surface area contributed by atoms with E-state index >= 15 is 0 Å². The molecule has 0 amide bonds. The lowest BCUT2D eigenvalue weighted by atomic mass is 9.86. The maximum Gasteiger partial charge on any atom is 0.186 e. The number of anilines is 1. The summed E-state index contributed by atoms with van der Waals surface area (Å²) in [6, 6.07) is 30.8. The highest BCUT2D eigenvalue weighted by Crippen LogP contribution is 2.39. The summed E-state index contributed by atoms with van der Waals surface area (Å²) >= 11 is 1.84. The topological polar surface area (TPSA) is 19.4 Å². The number of benzene rings is 3. The Kier molecular flexibility index (Phi) is 5.87. The number of thiazole rings is 1. The van der Waals surface area contributed by atoms with Gasteiger partial charge in [0.2, 0.25) is 0 Å². The second kappa shape index (κ2) is 9.28. The fourth-order valence-electron chi connectivity index (χ4n) is 5.79. The fraction of sp³-hybridized carbons (Fsp3) is 0.345. The second-order valence-electron chi connectivity index (χ2n) is 9.63. The lowest BCUT2D eigenvalue weighted by Gasteiger charge is -2.34. The van der Waals surface area contributed by atoms with E-state index in [0.29, 0.717) is 11.8 Å². The molecule has 0 bridgehead atoms. The summed E-state index contributed by atoms with van der Waals surface area (Å²) < 4.78 is 1.29. The summed E-state index contributed by atoms with van der Waals surface area (Å²) in [6.45, 7) is 5.76. The molecule has 2 aliphatic heterocycles. The Labute approximate surface area is 200 Å². The van der Waals surface area contributed by atoms with Crippen molar-refractivity contribution in [2.45, 2.75) is 24.7 Å². The SMILES string of the molecule is c1ccc(C2CCN(CC3CN(c4nc5ccccc5s4)C[C@@H]3c3ccccc3)CC2)cc1. The van der Waals surface area contributed by atoms with Crippen molar-refractivity contribution in [3.8, 4) is 0 Å². The Morgan fingerprint density at radius 3 is 2.15 bits per heavy atom. The molecule has 1 aromatic heterocycles. The first kappa shape index (κ1) is 20.9. The van der Waals surface area contributed by atoms with Gasteiger partial charge in [-0.3, -0.25) is 0 Å². The summed E-state index contributed by atoms with van der Waals surface area (Å²) in [4.78, 5) is 10.2. The van der Waals surface area contributed by atoms with Crippen LogP contribution in [0.3, 0.4) is 0 Å². The normalized spacial score (nSPS) is 22.2. The minimum Gasteiger partial charge on any atom is -0.347 e. The van der Waals surface area contributed by atoms with E-state index in [-0.39, 0.29) is 0 Å². The first-order valence-corrected chi connectivity index (χ1v) is 13.1. The van der Waals surface area contributed by atoms with E-state index in [4.69, 9.17) is 4.98 Å². The number of likely N-dealkylation sites (tertiary alicyclic amines) is 1. The number of rotatable bonds is 5. The predicted octanol–water partition coefficient (Wildman–Crippen LogP) is 6.40. The van der Waals surface area contributed by atoms with Crippen LogP contribution in [0.1, 0.15) is 35.8 Å². The van der Waals surface area contributed by atoms with E-state index in [0.717, 1.165) is 24.5 Å². The number of hydrogen-bond donors (Lipinski definition) is 0. The van der Waals surface area contributed by atoms with Crippen LogP contribution in [0.4, 0.5) is 5.13 Å². The number of nitrogens with zero attached hydrogens (tertiary/aromatic N) is 3. The zero-order valence-electron chi connectivity index (χ0n) is 19.0. The standard InChI is InChI=1S/C29H31N3S/c1-3-9-22(10-4-1)23-15-17-31(18-16-23)19-25-20-32(21-26(25)24-11-5-2-6-12-24)29-30-27-13-7-8-14-28(27)33-29/h1-14,23,25-26H,15-21H2/t25?,26-/m1/s1. The van der Waals surface area contributed by atoms with E-state index in [2.05, 4.69) is 94.7 Å². The van der Waals surface area contributed by atoms with Gasteiger partial charge >= 0.3 is 0 Å². The van der Waals surface area contributed by atoms with Crippen molar-refractivity contribution in [3.63, 3.8) is 0 Å². The van der Waals surface area contributed by atoms with Crippen LogP contribution in [0.15, 0.2) is 84.9 Å². The van der Waals surface area contributed by atoms with E-state index < -0.39 is 0 Å². The number of piperidine rings is 1. The molecule has 4 heteroatoms. The van der Waals surface area contributed by atoms with E-state index in [1.54, 1.807) is 0 Å². The molecule has 2 aliphatic rings. The van der Waals surface area contributed by atoms with Gasteiger partial charge in [-0.15, -0.1) is 0 Å². The van der Waals surface area contributed by atoms with Gasteiger partial charge in [0.1, 0.15) is 0 Å². The highest BCUT2D eigenvalue weighted by molar-refractivity contribution is 7.22. The van der Waals surface area contributed by atoms with Gasteiger partial charge in [-0.1, -0.05) is 84.1 Å². The van der Waals surface area contributed by atoms with Gasteiger partial charge in [0, 0.05) is 25.6 Å². The van der Waals surface area contributed by atoms with Crippen molar-refractivity contribution < 1.29 is 0 Å². The highest BCUT2D eigenvalue weighted by atomic mass is 32.1. The summed E-state index contributed by atoms with van der Waals surface area (Å²) in [6.07, 6.45) is 2.54. The summed E-state index contributed by atoms with van der Waals surface area (Å²) in [5.41, 5.74) is 4.12. The van der Waals surface area contributed by atoms with Crippen molar-refractivity contribution in [1.29, 1.82) is 0 Å². The molecule has 3 aromatic carbocycles. The molecule has 33 heavy (non-hydrogen) atoms. The Morgan fingerprint density at radius 1 is 0.758 bits per heavy atom. The summed E-state index contributed by atoms with van der Waals surface area (Å²) in [5.74, 6) is 1.91. The van der Waals surface area contributed by atoms with Gasteiger partial charge < -0.3 is 9.80 Å². The Bertz CT molecular complexity index is 1150. The third-order valence-electron chi connectivity index (χ3n) is 7.57. The van der Waals surface area contributed by atoms with Gasteiger partial charge in [0.15, 0.2) is 5.13 Å². The van der Waals surface area contributed by atoms with E-state index in [9.17, 15) is 0 Å². The minimum absolute atomic E-state index is 0.560. The Balaban J connectivity index is 1.18. The molecule has 0 radical (unpaired) electrons. The first-order valence-electron chi connectivity index (χ1n) is 12.3. The van der Waals surface area contributed by atoms with Gasteiger partial charge in [-0.2, -0.15) is 0 Å². The number of fused-ring (bicyclic) bond motifs is 1. The molecule has 2 saturated heterocycles. The van der Waals surface area contributed by atoms with Crippen LogP contribution < -0.4 is 4.90 Å². The third-order valence-corrected chi connectivity index (χ3v) is 8.67. The molecular weight excluding hydrogens is 422 g/mol. The van der Waals surface area contributed by atoms with Crippen LogP contribution in [0.5, 0.6) is 0 Å². The maximum absolute atomic E-state index is 4.98. The van der Waals surface area contributed by atoms with Gasteiger partial charge in [-0.25, -0.2) is 4.98 Å². The summed E-state index contributed by atoms with van der Waals surface area (Å²) in [5, 5.41) is 1.18. The molecule has 168 valence electrons. The largest absolute Gasteiger partial charge is 0.347 e. The molecule has 6 rings (SSSR count). The van der Waals surface area contributed by atoms with E-state index in [1.165, 1.54) is 53.4 Å². The summed E-state index contributed by atoms with van der Waals surface area (Å²) in [7, 11) is 0. The predicted molar refractivity (Wildman–Crippen MR) is 139 cm³/mol. The highest BCUT2D eigenvalue weighted by Gasteiger charge is 2.36. The average Bonchev–Trinajstić information content (AvgIpc) is 3.50. The fourth-order valence-corrected chi connectivity index (χ4v) is 6.78. The quantitative estimate of drug-likeness (QED) is 0.349. The van der Waals surface area contributed by atoms with Crippen molar-refractivity contribution in [3.05, 3.63) is 96.1 Å². The van der Waals surface area contributed by atoms with Gasteiger partial charge in [0.25, 0.3) is 0 Å². The van der Waals surface area contributed by atoms with Crippen LogP contribution >= 0.6 is 11.3 Å². The molecule has 3 nitrogen and oxygen atoms in total. The van der Waals surface area contributed by atoms with Crippen LogP contribution in [-0.2, 0) is 0 Å². The van der Waals surface area contributed by atoms with Crippen molar-refractivity contribution in [1.82, 2.24) is 9.88 Å². The molecule has 3 heterocycles. The lowest BCUT2D eigenvalue weighted by molar-refractivity contribution is 0.182. The number of hydrogen-bond acceptors (Lipinski definition) is 4. The van der Waals surface area contributed by atoms with Gasteiger partial charge in [0.05, 0.1) is 10.2 Å². The lowest BCUT2D eigenvalue weighted by Crippen LogP contribution is -2.38. The molecule has 0 aliphatic carbocycles. The smallest absolute Gasteiger partial charge is 0.186 e.